The van der Waals surface area contributed by atoms with Crippen LogP contribution in [0.25, 0.3) is 0 Å². The van der Waals surface area contributed by atoms with Gasteiger partial charge in [0.05, 0.1) is 24.4 Å². The summed E-state index contributed by atoms with van der Waals surface area (Å²) in [6.07, 6.45) is 10.9. The molecule has 4 saturated carbocycles. The molecule has 4 rings (SSSR count). The third-order valence-corrected chi connectivity index (χ3v) is 10.2. The lowest BCUT2D eigenvalue weighted by atomic mass is 9.60. The monoisotopic (exact) mass is 458 g/mol. The van der Waals surface area contributed by atoms with Crippen LogP contribution in [0.1, 0.15) is 85.5 Å². The average Bonchev–Trinajstić information content (AvgIpc) is 3.24. The Morgan fingerprint density at radius 2 is 1.76 bits per heavy atom. The maximum atomic E-state index is 11.4. The minimum absolute atomic E-state index is 0.0174. The molecule has 0 aromatic rings. The topological polar surface area (TPSA) is 80.9 Å². The predicted molar refractivity (Wildman–Crippen MR) is 132 cm³/mol. The molecule has 4 N–H and O–H groups in total. The smallest absolute Gasteiger partial charge is 0.0811 e. The Morgan fingerprint density at radius 1 is 1.03 bits per heavy atom. The van der Waals surface area contributed by atoms with Crippen LogP contribution in [0.15, 0.2) is 35.5 Å². The van der Waals surface area contributed by atoms with Crippen LogP contribution in [0.5, 0.6) is 0 Å². The van der Waals surface area contributed by atoms with E-state index in [0.717, 1.165) is 49.7 Å². The second-order valence-electron chi connectivity index (χ2n) is 12.6. The molecule has 0 aliphatic heterocycles. The van der Waals surface area contributed by atoms with E-state index in [0.29, 0.717) is 24.7 Å². The summed E-state index contributed by atoms with van der Waals surface area (Å²) >= 11 is 0. The second-order valence-corrected chi connectivity index (χ2v) is 12.6. The van der Waals surface area contributed by atoms with Crippen molar-refractivity contribution in [2.24, 2.45) is 34.5 Å². The van der Waals surface area contributed by atoms with Crippen molar-refractivity contribution < 1.29 is 20.4 Å². The van der Waals surface area contributed by atoms with Gasteiger partial charge in [-0.1, -0.05) is 52.0 Å². The molecule has 0 heterocycles. The van der Waals surface area contributed by atoms with E-state index in [1.165, 1.54) is 12.0 Å². The Kier molecular flexibility index (Phi) is 7.06. The summed E-state index contributed by atoms with van der Waals surface area (Å²) in [6.45, 7) is 12.9. The molecule has 0 radical (unpaired) electrons. The molecule has 4 aliphatic rings. The summed E-state index contributed by atoms with van der Waals surface area (Å²) in [5.74, 6) is 1.13. The van der Waals surface area contributed by atoms with E-state index in [1.807, 2.05) is 0 Å². The number of allylic oxidation sites excluding steroid dienone is 3. The van der Waals surface area contributed by atoms with Gasteiger partial charge in [0.25, 0.3) is 0 Å². The molecule has 4 fully saturated rings. The van der Waals surface area contributed by atoms with Crippen molar-refractivity contribution in [1.82, 2.24) is 0 Å². The Labute approximate surface area is 200 Å². The predicted octanol–water partition coefficient (Wildman–Crippen LogP) is 4.92. The highest BCUT2D eigenvalue weighted by Crippen LogP contribution is 2.60. The molecule has 4 aliphatic carbocycles. The number of aliphatic hydroxyl groups is 4. The number of fused-ring (bicyclic) bond motifs is 1. The highest BCUT2D eigenvalue weighted by molar-refractivity contribution is 5.38. The molecule has 33 heavy (non-hydrogen) atoms. The molecule has 0 bridgehead atoms. The number of hydrogen-bond acceptors (Lipinski definition) is 4. The minimum Gasteiger partial charge on any atom is -0.393 e. The largest absolute Gasteiger partial charge is 0.393 e. The van der Waals surface area contributed by atoms with Crippen molar-refractivity contribution in [1.29, 1.82) is 0 Å². The van der Waals surface area contributed by atoms with Crippen molar-refractivity contribution in [2.45, 2.75) is 110 Å². The summed E-state index contributed by atoms with van der Waals surface area (Å²) in [7, 11) is 0. The van der Waals surface area contributed by atoms with Gasteiger partial charge < -0.3 is 20.4 Å². The fourth-order valence-corrected chi connectivity index (χ4v) is 8.02. The van der Waals surface area contributed by atoms with Gasteiger partial charge >= 0.3 is 0 Å². The third kappa shape index (κ3) is 4.53. The Hall–Kier alpha value is -0.940. The first-order valence-electron chi connectivity index (χ1n) is 13.3. The molecule has 0 aromatic carbocycles. The Balaban J connectivity index is 1.51. The van der Waals surface area contributed by atoms with Gasteiger partial charge in [-0.2, -0.15) is 0 Å². The van der Waals surface area contributed by atoms with Crippen LogP contribution >= 0.6 is 0 Å². The van der Waals surface area contributed by atoms with Gasteiger partial charge in [0.1, 0.15) is 0 Å². The maximum absolute atomic E-state index is 11.4. The second kappa shape index (κ2) is 9.26. The van der Waals surface area contributed by atoms with Crippen molar-refractivity contribution in [2.75, 3.05) is 0 Å². The van der Waals surface area contributed by atoms with E-state index >= 15 is 0 Å². The maximum Gasteiger partial charge on any atom is 0.0811 e. The standard InChI is InChI=1S/C29H46O4/c1-17-20(15-21(30)16-25(17)31)9-8-19-7-6-13-29(5)23(10-11-24(19)29)18(2)26(32)22-12-14-28(3,4)27(22)33/h8-9,18,21-27,30-33H,1,6-7,10-16H2,2-5H3/t18-,21+,22?,23+,24?,25-,26?,27?,29+/m0/s1. The van der Waals surface area contributed by atoms with Crippen LogP contribution < -0.4 is 0 Å². The van der Waals surface area contributed by atoms with Gasteiger partial charge in [0, 0.05) is 12.3 Å². The van der Waals surface area contributed by atoms with Gasteiger partial charge in [-0.05, 0) is 91.1 Å². The van der Waals surface area contributed by atoms with E-state index in [-0.39, 0.29) is 22.7 Å². The SMILES string of the molecule is C=C1C(=CC=C2CCC[C@@]3(C)C2CC[C@@H]3[C@H](C)C(O)C2CCC(C)(C)C2O)C[C@@H](O)C[C@@H]1O. The molecule has 0 amide bonds. The highest BCUT2D eigenvalue weighted by Gasteiger charge is 2.54. The van der Waals surface area contributed by atoms with E-state index in [2.05, 4.69) is 46.4 Å². The van der Waals surface area contributed by atoms with Crippen LogP contribution in [-0.2, 0) is 0 Å². The molecule has 4 unspecified atom stereocenters. The zero-order valence-electron chi connectivity index (χ0n) is 21.1. The van der Waals surface area contributed by atoms with Gasteiger partial charge in [0.15, 0.2) is 0 Å². The number of aliphatic hydroxyl groups excluding tert-OH is 4. The molecular weight excluding hydrogens is 412 g/mol. The Morgan fingerprint density at radius 3 is 2.42 bits per heavy atom. The van der Waals surface area contributed by atoms with Crippen LogP contribution in [0.2, 0.25) is 0 Å². The van der Waals surface area contributed by atoms with Crippen molar-refractivity contribution in [3.05, 3.63) is 35.5 Å². The van der Waals surface area contributed by atoms with Crippen molar-refractivity contribution >= 4 is 0 Å². The first kappa shape index (κ1) is 25.2. The van der Waals surface area contributed by atoms with Gasteiger partial charge in [-0.25, -0.2) is 0 Å². The lowest BCUT2D eigenvalue weighted by Crippen LogP contribution is -2.44. The summed E-state index contributed by atoms with van der Waals surface area (Å²) in [6, 6.07) is 0. The van der Waals surface area contributed by atoms with E-state index in [1.54, 1.807) is 0 Å². The zero-order valence-corrected chi connectivity index (χ0v) is 21.1. The minimum atomic E-state index is -0.649. The molecule has 186 valence electrons. The third-order valence-electron chi connectivity index (χ3n) is 10.2. The number of rotatable bonds is 4. The quantitative estimate of drug-likeness (QED) is 0.482. The summed E-state index contributed by atoms with van der Waals surface area (Å²) in [5.41, 5.74) is 3.26. The highest BCUT2D eigenvalue weighted by atomic mass is 16.3. The van der Waals surface area contributed by atoms with Crippen LogP contribution in [0.3, 0.4) is 0 Å². The van der Waals surface area contributed by atoms with Crippen molar-refractivity contribution in [3.63, 3.8) is 0 Å². The van der Waals surface area contributed by atoms with Gasteiger partial charge in [-0.15, -0.1) is 0 Å². The summed E-state index contributed by atoms with van der Waals surface area (Å²) < 4.78 is 0. The lowest BCUT2D eigenvalue weighted by Gasteiger charge is -2.46. The first-order chi connectivity index (χ1) is 15.5. The molecule has 4 nitrogen and oxygen atoms in total. The fraction of sp³-hybridized carbons (Fsp3) is 0.793. The number of hydrogen-bond donors (Lipinski definition) is 4. The van der Waals surface area contributed by atoms with Crippen LogP contribution in [0.4, 0.5) is 0 Å². The van der Waals surface area contributed by atoms with E-state index < -0.39 is 24.4 Å². The van der Waals surface area contributed by atoms with Crippen LogP contribution in [0, 0.1) is 34.5 Å². The first-order valence-corrected chi connectivity index (χ1v) is 13.3. The Bertz CT molecular complexity index is 810. The molecule has 0 saturated heterocycles. The van der Waals surface area contributed by atoms with E-state index in [4.69, 9.17) is 0 Å². The van der Waals surface area contributed by atoms with E-state index in [9.17, 15) is 20.4 Å². The fourth-order valence-electron chi connectivity index (χ4n) is 8.02. The molecule has 0 aromatic heterocycles. The molecular formula is C29H46O4. The average molecular weight is 459 g/mol. The zero-order chi connectivity index (χ0) is 24.1. The molecule has 4 heteroatoms. The summed E-state index contributed by atoms with van der Waals surface area (Å²) in [5, 5.41) is 42.5. The summed E-state index contributed by atoms with van der Waals surface area (Å²) in [4.78, 5) is 0. The lowest BCUT2D eigenvalue weighted by molar-refractivity contribution is -0.0568. The van der Waals surface area contributed by atoms with Gasteiger partial charge in [0.2, 0.25) is 0 Å². The molecule has 0 spiro atoms. The van der Waals surface area contributed by atoms with Crippen LogP contribution in [-0.4, -0.2) is 44.8 Å². The van der Waals surface area contributed by atoms with Crippen molar-refractivity contribution in [3.8, 4) is 0 Å². The van der Waals surface area contributed by atoms with Gasteiger partial charge in [-0.3, -0.25) is 0 Å². The molecule has 9 atom stereocenters. The normalized spacial score (nSPS) is 45.4.